The Morgan fingerprint density at radius 3 is 2.06 bits per heavy atom. The molecule has 1 saturated heterocycles. The number of H-pyrrole nitrogens is 2. The number of carboxylic acid groups (broad SMARTS) is 1. The van der Waals surface area contributed by atoms with Gasteiger partial charge >= 0.3 is 5.97 Å². The van der Waals surface area contributed by atoms with Crippen molar-refractivity contribution in [3.8, 4) is 0 Å². The molecule has 0 unspecified atom stereocenters. The molecule has 0 aliphatic carbocycles. The highest BCUT2D eigenvalue weighted by Crippen LogP contribution is 2.39. The predicted octanol–water partition coefficient (Wildman–Crippen LogP) is 0.339. The summed E-state index contributed by atoms with van der Waals surface area (Å²) in [6.45, 7) is 7.68. The molecule has 0 spiro atoms. The summed E-state index contributed by atoms with van der Waals surface area (Å²) in [4.78, 5) is 140. The average molecular weight is 1100 g/mol. The molecule has 8 amide bonds. The van der Waals surface area contributed by atoms with Crippen LogP contribution in [-0.4, -0.2) is 145 Å². The van der Waals surface area contributed by atoms with E-state index in [1.165, 1.54) is 26.4 Å². The first kappa shape index (κ1) is 60.3. The number of hydrogen-bond donors (Lipinski definition) is 13. The maximum atomic E-state index is 14.7. The summed E-state index contributed by atoms with van der Waals surface area (Å²) in [6, 6.07) is 4.96. The van der Waals surface area contributed by atoms with Gasteiger partial charge in [0.25, 0.3) is 0 Å². The molecule has 26 heteroatoms. The zero-order valence-corrected chi connectivity index (χ0v) is 45.2. The van der Waals surface area contributed by atoms with Gasteiger partial charge in [-0.25, -0.2) is 9.78 Å². The van der Waals surface area contributed by atoms with E-state index in [2.05, 4.69) is 62.5 Å². The molecule has 4 aromatic rings. The lowest BCUT2D eigenvalue weighted by Crippen LogP contribution is -2.61. The Morgan fingerprint density at radius 1 is 0.792 bits per heavy atom. The van der Waals surface area contributed by atoms with E-state index in [4.69, 9.17) is 11.5 Å². The minimum atomic E-state index is -1.63. The van der Waals surface area contributed by atoms with Crippen LogP contribution in [0.2, 0.25) is 0 Å². The average Bonchev–Trinajstić information content (AvgIpc) is 4.06. The normalized spacial score (nSPS) is 22.6. The fourth-order valence-electron chi connectivity index (χ4n) is 8.34. The van der Waals surface area contributed by atoms with Crippen LogP contribution in [-0.2, 0) is 62.4 Å². The van der Waals surface area contributed by atoms with Crippen molar-refractivity contribution in [2.24, 2.45) is 16.5 Å². The third kappa shape index (κ3) is 18.6. The summed E-state index contributed by atoms with van der Waals surface area (Å²) in [5.74, 6) is -8.04. The molecule has 2 aromatic carbocycles. The molecule has 1 aliphatic rings. The molecule has 0 radical (unpaired) electrons. The second-order valence-electron chi connectivity index (χ2n) is 19.2. The quantitative estimate of drug-likeness (QED) is 0.0294. The first-order valence-electron chi connectivity index (χ1n) is 25.2. The molecular weight excluding hydrogens is 1030 g/mol. The van der Waals surface area contributed by atoms with Crippen LogP contribution in [0.3, 0.4) is 0 Å². The maximum absolute atomic E-state index is 14.7. The van der Waals surface area contributed by atoms with Gasteiger partial charge in [0.05, 0.1) is 11.1 Å². The van der Waals surface area contributed by atoms with Gasteiger partial charge in [-0.2, -0.15) is 0 Å². The number of imidazole rings is 1. The predicted molar refractivity (Wildman–Crippen MR) is 292 cm³/mol. The number of nitrogens with zero attached hydrogens (tertiary/aromatic N) is 2. The Bertz CT molecular complexity index is 2720. The van der Waals surface area contributed by atoms with Crippen molar-refractivity contribution in [1.29, 1.82) is 0 Å². The molecule has 0 saturated carbocycles. The van der Waals surface area contributed by atoms with Gasteiger partial charge < -0.3 is 69.1 Å². The van der Waals surface area contributed by atoms with Crippen molar-refractivity contribution < 1.29 is 48.3 Å². The van der Waals surface area contributed by atoms with E-state index in [-0.39, 0.29) is 56.8 Å². The number of amides is 8. The summed E-state index contributed by atoms with van der Waals surface area (Å²) in [5, 5.41) is 33.0. The standard InChI is InChI=1S/C51H70N14O10S2/c1-6-7-17-35(59-29(3)66)43(68)64-40-26-76-77-51(4,5)41(49(74)75)65-47(72)38(22-31-24-56-34-18-12-11-16-33(31)34)63-44(69)36(19-13-20-55-50(52)53)60-45(70)37(21-30-14-9-8-10-15-30)62-46(71)39(23-32-25-54-27-57-32)61-42(67)28(2)58-48(40)73/h8-12,14-16,18,24-25,27-28,35-41,56H,6-7,13,17,19-23,26H2,1-5H3,(H,54,57)(H,58,73)(H,59,66)(H,60,70)(H,61,67)(H,62,71)(H,63,69)(H,64,68)(H,65,72)(H,74,75)(H4,52,53,55)/t28-,35+,36+,37-,38+,39+,40+,41-/m1/s1. The molecular formula is C51H70N14O10S2. The number of carboxylic acids is 1. The third-order valence-corrected chi connectivity index (χ3v) is 15.8. The monoisotopic (exact) mass is 1100 g/mol. The molecule has 8 atom stereocenters. The van der Waals surface area contributed by atoms with Crippen LogP contribution < -0.4 is 54.0 Å². The molecule has 2 aromatic heterocycles. The highest BCUT2D eigenvalue weighted by molar-refractivity contribution is 8.77. The summed E-state index contributed by atoms with van der Waals surface area (Å²) < 4.78 is -1.37. The van der Waals surface area contributed by atoms with Crippen molar-refractivity contribution in [3.05, 3.63) is 90.1 Å². The van der Waals surface area contributed by atoms with E-state index < -0.39 is 106 Å². The summed E-state index contributed by atoms with van der Waals surface area (Å²) in [5.41, 5.74) is 13.5. The Balaban J connectivity index is 1.60. The van der Waals surface area contributed by atoms with Crippen LogP contribution in [0.25, 0.3) is 10.9 Å². The first-order valence-corrected chi connectivity index (χ1v) is 27.5. The van der Waals surface area contributed by atoms with Crippen LogP contribution in [0.1, 0.15) is 83.5 Å². The number of carbonyl (C=O) groups is 9. The Kier molecular flexibility index (Phi) is 22.7. The lowest BCUT2D eigenvalue weighted by atomic mass is 10.00. The fourth-order valence-corrected chi connectivity index (χ4v) is 11.1. The molecule has 416 valence electrons. The number of hydrogen-bond acceptors (Lipinski definition) is 13. The number of carbonyl (C=O) groups excluding carboxylic acids is 8. The summed E-state index contributed by atoms with van der Waals surface area (Å²) >= 11 is 0. The lowest BCUT2D eigenvalue weighted by Gasteiger charge is -2.33. The number of aromatic amines is 2. The lowest BCUT2D eigenvalue weighted by molar-refractivity contribution is -0.143. The smallest absolute Gasteiger partial charge is 0.327 e. The molecule has 1 aliphatic heterocycles. The van der Waals surface area contributed by atoms with E-state index in [0.29, 0.717) is 29.7 Å². The summed E-state index contributed by atoms with van der Waals surface area (Å²) in [6.07, 6.45) is 5.68. The van der Waals surface area contributed by atoms with Gasteiger partial charge in [0.2, 0.25) is 47.3 Å². The van der Waals surface area contributed by atoms with E-state index >= 15 is 0 Å². The molecule has 77 heavy (non-hydrogen) atoms. The van der Waals surface area contributed by atoms with Gasteiger partial charge in [-0.15, -0.1) is 0 Å². The largest absolute Gasteiger partial charge is 0.480 e. The number of para-hydroxylation sites is 1. The number of nitrogens with two attached hydrogens (primary N) is 2. The SMILES string of the molecule is CCCC[C@H](NC(C)=O)C(=O)N[C@H]1CSSC(C)(C)[C@@H](C(=O)O)NC(=O)[C@H](Cc2c[nH]c3ccccc23)NC(=O)[C@H](CCCN=C(N)N)NC(=O)[C@@H](Cc2ccccc2)NC(=O)[C@H](Cc2cnc[nH]2)NC(=O)[C@@H](C)NC1=O. The molecule has 0 bridgehead atoms. The highest BCUT2D eigenvalue weighted by Gasteiger charge is 2.41. The second kappa shape index (κ2) is 29.1. The van der Waals surface area contributed by atoms with Gasteiger partial charge in [-0.1, -0.05) is 89.9 Å². The minimum absolute atomic E-state index is 0.0496. The van der Waals surface area contributed by atoms with E-state index in [1.54, 1.807) is 56.4 Å². The zero-order chi connectivity index (χ0) is 56.2. The van der Waals surface area contributed by atoms with Crippen molar-refractivity contribution in [2.45, 2.75) is 139 Å². The Morgan fingerprint density at radius 2 is 1.42 bits per heavy atom. The number of unbranched alkanes of at least 4 members (excludes halogenated alkanes) is 1. The van der Waals surface area contributed by atoms with Crippen molar-refractivity contribution >= 4 is 91.7 Å². The van der Waals surface area contributed by atoms with Gasteiger partial charge in [-0.3, -0.25) is 43.3 Å². The number of aliphatic imine (C=N–C) groups is 1. The highest BCUT2D eigenvalue weighted by atomic mass is 33.1. The number of benzene rings is 2. The summed E-state index contributed by atoms with van der Waals surface area (Å²) in [7, 11) is 1.98. The van der Waals surface area contributed by atoms with Gasteiger partial charge in [0, 0.05) is 67.5 Å². The number of nitrogens with one attached hydrogen (secondary N) is 10. The number of guanidine groups is 1. The fraction of sp³-hybridized carbons (Fsp3) is 0.471. The van der Waals surface area contributed by atoms with Crippen LogP contribution in [0, 0.1) is 0 Å². The number of aromatic nitrogens is 3. The first-order chi connectivity index (χ1) is 36.6. The molecule has 3 heterocycles. The minimum Gasteiger partial charge on any atom is -0.480 e. The number of rotatable bonds is 17. The van der Waals surface area contributed by atoms with Crippen molar-refractivity contribution in [3.63, 3.8) is 0 Å². The van der Waals surface area contributed by atoms with Gasteiger partial charge in [0.15, 0.2) is 5.96 Å². The molecule has 15 N–H and O–H groups in total. The van der Waals surface area contributed by atoms with Gasteiger partial charge in [-0.05, 0) is 57.2 Å². The third-order valence-electron chi connectivity index (χ3n) is 12.5. The maximum Gasteiger partial charge on any atom is 0.327 e. The number of fused-ring (bicyclic) bond motifs is 1. The van der Waals surface area contributed by atoms with E-state index in [9.17, 15) is 48.3 Å². The molecule has 1 fully saturated rings. The van der Waals surface area contributed by atoms with Crippen molar-refractivity contribution in [1.82, 2.24) is 57.5 Å². The van der Waals surface area contributed by atoms with Crippen molar-refractivity contribution in [2.75, 3.05) is 12.3 Å². The topological polar surface area (TPSA) is 379 Å². The van der Waals surface area contributed by atoms with E-state index in [0.717, 1.165) is 32.5 Å². The Labute approximate surface area is 453 Å². The van der Waals surface area contributed by atoms with Gasteiger partial charge in [0.1, 0.15) is 48.3 Å². The number of aliphatic carboxylic acids is 1. The van der Waals surface area contributed by atoms with Crippen LogP contribution in [0.15, 0.2) is 78.3 Å². The van der Waals surface area contributed by atoms with Crippen LogP contribution >= 0.6 is 21.6 Å². The van der Waals surface area contributed by atoms with Crippen LogP contribution in [0.4, 0.5) is 0 Å². The zero-order valence-electron chi connectivity index (χ0n) is 43.6. The second-order valence-corrected chi connectivity index (χ2v) is 22.2. The van der Waals surface area contributed by atoms with Crippen LogP contribution in [0.5, 0.6) is 0 Å². The van der Waals surface area contributed by atoms with E-state index in [1.807, 2.05) is 25.1 Å². The Hall–Kier alpha value is -7.61. The molecule has 5 rings (SSSR count). The molecule has 24 nitrogen and oxygen atoms in total.